The first kappa shape index (κ1) is 23.2. The summed E-state index contributed by atoms with van der Waals surface area (Å²) in [7, 11) is 0. The Morgan fingerprint density at radius 2 is 2.06 bits per heavy atom. The monoisotopic (exact) mass is 469 g/mol. The lowest BCUT2D eigenvalue weighted by Gasteiger charge is -2.30. The molecule has 170 valence electrons. The number of nitrogens with one attached hydrogen (secondary N) is 1. The number of amides is 1. The fourth-order valence-corrected chi connectivity index (χ4v) is 6.04. The number of thiophene rings is 1. The van der Waals surface area contributed by atoms with Crippen molar-refractivity contribution < 1.29 is 9.53 Å². The molecule has 1 atom stereocenters. The van der Waals surface area contributed by atoms with Crippen LogP contribution in [0.3, 0.4) is 0 Å². The lowest BCUT2D eigenvalue weighted by atomic mass is 9.95. The molecule has 0 fully saturated rings. The van der Waals surface area contributed by atoms with Crippen molar-refractivity contribution >= 4 is 39.2 Å². The summed E-state index contributed by atoms with van der Waals surface area (Å²) < 4.78 is 6.01. The van der Waals surface area contributed by atoms with Gasteiger partial charge in [0.05, 0.1) is 18.0 Å². The van der Waals surface area contributed by atoms with Crippen LogP contribution in [0.15, 0.2) is 35.4 Å². The predicted molar refractivity (Wildman–Crippen MR) is 132 cm³/mol. The third-order valence-corrected chi connectivity index (χ3v) is 7.79. The Hall–Kier alpha value is -1.96. The van der Waals surface area contributed by atoms with Crippen LogP contribution >= 0.6 is 23.1 Å². The van der Waals surface area contributed by atoms with Gasteiger partial charge in [-0.1, -0.05) is 49.0 Å². The minimum atomic E-state index is -0.196. The number of hydrogen-bond donors (Lipinski definition) is 1. The van der Waals surface area contributed by atoms with E-state index in [0.29, 0.717) is 12.4 Å². The van der Waals surface area contributed by atoms with Crippen molar-refractivity contribution in [2.45, 2.75) is 76.7 Å². The molecular formula is C25H31N3O2S2. The van der Waals surface area contributed by atoms with E-state index >= 15 is 0 Å². The highest BCUT2D eigenvalue weighted by Crippen LogP contribution is 2.41. The van der Waals surface area contributed by atoms with Crippen LogP contribution in [0.1, 0.15) is 55.9 Å². The third kappa shape index (κ3) is 5.50. The molecule has 0 radical (unpaired) electrons. The molecule has 0 bridgehead atoms. The van der Waals surface area contributed by atoms with Gasteiger partial charge in [0.2, 0.25) is 5.91 Å². The summed E-state index contributed by atoms with van der Waals surface area (Å²) in [5.74, 6) is 1.23. The molecular weight excluding hydrogens is 438 g/mol. The number of ether oxygens (including phenoxy) is 1. The number of aryl methyl sites for hydroxylation is 2. The van der Waals surface area contributed by atoms with E-state index in [2.05, 4.69) is 57.3 Å². The molecule has 0 unspecified atom stereocenters. The summed E-state index contributed by atoms with van der Waals surface area (Å²) in [6.45, 7) is 9.00. The zero-order valence-corrected chi connectivity index (χ0v) is 20.9. The molecule has 1 aliphatic heterocycles. The van der Waals surface area contributed by atoms with Crippen LogP contribution in [0.25, 0.3) is 10.2 Å². The molecule has 7 heteroatoms. The molecule has 1 aliphatic rings. The highest BCUT2D eigenvalue weighted by molar-refractivity contribution is 8.00. The fourth-order valence-electron chi connectivity index (χ4n) is 3.97. The molecule has 0 saturated carbocycles. The van der Waals surface area contributed by atoms with E-state index in [4.69, 9.17) is 14.7 Å². The van der Waals surface area contributed by atoms with Gasteiger partial charge in [-0.15, -0.1) is 11.3 Å². The number of fused-ring (bicyclic) bond motifs is 3. The van der Waals surface area contributed by atoms with Crippen LogP contribution in [0.4, 0.5) is 0 Å². The lowest BCUT2D eigenvalue weighted by molar-refractivity contribution is -0.119. The number of rotatable bonds is 8. The Bertz CT molecular complexity index is 1100. The normalized spacial score (nSPS) is 16.0. The molecule has 2 aromatic heterocycles. The van der Waals surface area contributed by atoms with E-state index < -0.39 is 0 Å². The molecule has 3 aromatic rings. The fraction of sp³-hybridized carbons (Fsp3) is 0.480. The summed E-state index contributed by atoms with van der Waals surface area (Å²) in [6, 6.07) is 10.5. The number of carbonyl (C=O) groups is 1. The second-order valence-corrected chi connectivity index (χ2v) is 11.0. The SMILES string of the molecule is CCc1nc(SCC(=O)N[C@@H](C)CCc2ccccc2)c2c3c(sc2n1)COC(C)(C)C3. The van der Waals surface area contributed by atoms with Crippen LogP contribution in [-0.4, -0.2) is 33.3 Å². The molecule has 32 heavy (non-hydrogen) atoms. The van der Waals surface area contributed by atoms with E-state index in [1.165, 1.54) is 27.8 Å². The molecule has 4 rings (SSSR count). The van der Waals surface area contributed by atoms with Crippen molar-refractivity contribution in [2.75, 3.05) is 5.75 Å². The average Bonchev–Trinajstić information content (AvgIpc) is 3.13. The maximum Gasteiger partial charge on any atom is 0.230 e. The van der Waals surface area contributed by atoms with Gasteiger partial charge in [0.1, 0.15) is 15.7 Å². The summed E-state index contributed by atoms with van der Waals surface area (Å²) in [6.07, 6.45) is 3.50. The molecule has 0 saturated heterocycles. The van der Waals surface area contributed by atoms with Gasteiger partial charge in [-0.2, -0.15) is 0 Å². The Balaban J connectivity index is 1.44. The molecule has 1 aromatic carbocycles. The largest absolute Gasteiger partial charge is 0.370 e. The van der Waals surface area contributed by atoms with Crippen LogP contribution in [0.2, 0.25) is 0 Å². The van der Waals surface area contributed by atoms with Crippen LogP contribution in [0.5, 0.6) is 0 Å². The second-order valence-electron chi connectivity index (χ2n) is 8.99. The van der Waals surface area contributed by atoms with Gasteiger partial charge in [-0.3, -0.25) is 4.79 Å². The number of aromatic nitrogens is 2. The van der Waals surface area contributed by atoms with Crippen LogP contribution in [-0.2, 0) is 35.4 Å². The van der Waals surface area contributed by atoms with Crippen molar-refractivity contribution in [3.63, 3.8) is 0 Å². The van der Waals surface area contributed by atoms with Gasteiger partial charge in [-0.05, 0) is 44.7 Å². The zero-order valence-electron chi connectivity index (χ0n) is 19.2. The van der Waals surface area contributed by atoms with Gasteiger partial charge in [-0.25, -0.2) is 9.97 Å². The highest BCUT2D eigenvalue weighted by Gasteiger charge is 2.31. The van der Waals surface area contributed by atoms with Crippen molar-refractivity contribution in [3.8, 4) is 0 Å². The number of benzene rings is 1. The first-order valence-electron chi connectivity index (χ1n) is 11.3. The van der Waals surface area contributed by atoms with Gasteiger partial charge in [0, 0.05) is 29.1 Å². The van der Waals surface area contributed by atoms with Crippen molar-refractivity contribution in [1.82, 2.24) is 15.3 Å². The molecule has 5 nitrogen and oxygen atoms in total. The standard InChI is InChI=1S/C25H31N3O2S2/c1-5-20-27-23(22-18-13-25(3,4)30-14-19(18)32-24(22)28-20)31-15-21(29)26-16(2)11-12-17-9-7-6-8-10-17/h6-10,16H,5,11-15H2,1-4H3,(H,26,29)/t16-/m0/s1. The van der Waals surface area contributed by atoms with E-state index in [1.54, 1.807) is 11.3 Å². The van der Waals surface area contributed by atoms with Gasteiger partial charge >= 0.3 is 0 Å². The molecule has 0 spiro atoms. The first-order chi connectivity index (χ1) is 15.3. The third-order valence-electron chi connectivity index (χ3n) is 5.72. The molecule has 0 aliphatic carbocycles. The summed E-state index contributed by atoms with van der Waals surface area (Å²) in [5.41, 5.74) is 2.40. The van der Waals surface area contributed by atoms with Crippen molar-refractivity contribution in [1.29, 1.82) is 0 Å². The lowest BCUT2D eigenvalue weighted by Crippen LogP contribution is -2.34. The Labute approximate surface area is 198 Å². The van der Waals surface area contributed by atoms with Crippen molar-refractivity contribution in [3.05, 3.63) is 52.2 Å². The quantitative estimate of drug-likeness (QED) is 0.357. The average molecular weight is 470 g/mol. The Morgan fingerprint density at radius 3 is 2.81 bits per heavy atom. The zero-order chi connectivity index (χ0) is 22.7. The first-order valence-corrected chi connectivity index (χ1v) is 13.1. The minimum absolute atomic E-state index is 0.0492. The van der Waals surface area contributed by atoms with Crippen molar-refractivity contribution in [2.24, 2.45) is 0 Å². The topological polar surface area (TPSA) is 64.1 Å². The highest BCUT2D eigenvalue weighted by atomic mass is 32.2. The Kier molecular flexibility index (Phi) is 7.17. The van der Waals surface area contributed by atoms with Gasteiger partial charge < -0.3 is 10.1 Å². The maximum absolute atomic E-state index is 12.7. The van der Waals surface area contributed by atoms with Crippen LogP contribution in [0, 0.1) is 0 Å². The van der Waals surface area contributed by atoms with Crippen LogP contribution < -0.4 is 5.32 Å². The smallest absolute Gasteiger partial charge is 0.230 e. The Morgan fingerprint density at radius 1 is 1.28 bits per heavy atom. The van der Waals surface area contributed by atoms with Gasteiger partial charge in [0.25, 0.3) is 0 Å². The number of hydrogen-bond acceptors (Lipinski definition) is 6. The summed E-state index contributed by atoms with van der Waals surface area (Å²) in [4.78, 5) is 24.5. The van der Waals surface area contributed by atoms with E-state index in [-0.39, 0.29) is 17.6 Å². The van der Waals surface area contributed by atoms with E-state index in [9.17, 15) is 4.79 Å². The predicted octanol–water partition coefficient (Wildman–Crippen LogP) is 5.33. The summed E-state index contributed by atoms with van der Waals surface area (Å²) >= 11 is 3.23. The van der Waals surface area contributed by atoms with E-state index in [1.807, 2.05) is 6.07 Å². The maximum atomic E-state index is 12.7. The number of thioether (sulfide) groups is 1. The molecule has 1 N–H and O–H groups in total. The minimum Gasteiger partial charge on any atom is -0.370 e. The number of carbonyl (C=O) groups excluding carboxylic acids is 1. The number of nitrogens with zero attached hydrogens (tertiary/aromatic N) is 2. The summed E-state index contributed by atoms with van der Waals surface area (Å²) in [5, 5.41) is 5.19. The van der Waals surface area contributed by atoms with E-state index in [0.717, 1.165) is 46.8 Å². The second kappa shape index (κ2) is 9.89. The molecule has 3 heterocycles. The van der Waals surface area contributed by atoms with Gasteiger partial charge in [0.15, 0.2) is 0 Å². The molecule has 1 amide bonds.